The Hall–Kier alpha value is -2.00. The Morgan fingerprint density at radius 1 is 1.17 bits per heavy atom. The number of carboxylic acids is 1. The van der Waals surface area contributed by atoms with Crippen molar-refractivity contribution in [2.24, 2.45) is 0 Å². The molecule has 0 aliphatic rings. The van der Waals surface area contributed by atoms with Crippen molar-refractivity contribution in [3.8, 4) is 11.5 Å². The van der Waals surface area contributed by atoms with E-state index in [-0.39, 0.29) is 5.56 Å². The van der Waals surface area contributed by atoms with E-state index in [1.807, 2.05) is 0 Å². The van der Waals surface area contributed by atoms with Crippen LogP contribution >= 0.6 is 11.6 Å². The molecule has 0 radical (unpaired) electrons. The van der Waals surface area contributed by atoms with Gasteiger partial charge in [-0.1, -0.05) is 23.7 Å². The average molecular weight is 263 g/mol. The quantitative estimate of drug-likeness (QED) is 0.904. The van der Waals surface area contributed by atoms with Crippen LogP contribution in [0.5, 0.6) is 11.5 Å². The number of hydrogen-bond donors (Lipinski definition) is 1. The standard InChI is InChI=1S/C14H11ClO3/c1-9-3-2-4-12(14(16)17)13(9)18-11-7-5-10(15)6-8-11/h2-8H,1H3,(H,16,17). The van der Waals surface area contributed by atoms with Crippen LogP contribution in [0.2, 0.25) is 5.02 Å². The zero-order valence-corrected chi connectivity index (χ0v) is 10.4. The molecule has 0 aliphatic carbocycles. The summed E-state index contributed by atoms with van der Waals surface area (Å²) >= 11 is 5.78. The molecular weight excluding hydrogens is 252 g/mol. The van der Waals surface area contributed by atoms with Crippen LogP contribution in [-0.4, -0.2) is 11.1 Å². The van der Waals surface area contributed by atoms with Crippen molar-refractivity contribution in [3.05, 3.63) is 58.6 Å². The summed E-state index contributed by atoms with van der Waals surface area (Å²) in [5.74, 6) is -0.105. The first-order valence-corrected chi connectivity index (χ1v) is 5.72. The van der Waals surface area contributed by atoms with E-state index >= 15 is 0 Å². The number of halogens is 1. The molecule has 0 aromatic heterocycles. The lowest BCUT2D eigenvalue weighted by Gasteiger charge is -2.11. The van der Waals surface area contributed by atoms with E-state index in [9.17, 15) is 4.79 Å². The van der Waals surface area contributed by atoms with Crippen LogP contribution < -0.4 is 4.74 Å². The van der Waals surface area contributed by atoms with Gasteiger partial charge in [0.25, 0.3) is 0 Å². The molecule has 0 fully saturated rings. The van der Waals surface area contributed by atoms with Crippen LogP contribution in [0.1, 0.15) is 15.9 Å². The van der Waals surface area contributed by atoms with Crippen molar-refractivity contribution >= 4 is 17.6 Å². The fourth-order valence-electron chi connectivity index (χ4n) is 1.58. The molecule has 18 heavy (non-hydrogen) atoms. The highest BCUT2D eigenvalue weighted by Gasteiger charge is 2.13. The zero-order valence-electron chi connectivity index (χ0n) is 9.68. The molecular formula is C14H11ClO3. The molecule has 0 saturated heterocycles. The molecule has 3 nitrogen and oxygen atoms in total. The highest BCUT2D eigenvalue weighted by molar-refractivity contribution is 6.30. The topological polar surface area (TPSA) is 46.5 Å². The molecule has 0 saturated carbocycles. The van der Waals surface area contributed by atoms with Gasteiger partial charge in [-0.05, 0) is 42.8 Å². The minimum atomic E-state index is -1.01. The van der Waals surface area contributed by atoms with Crippen molar-refractivity contribution in [3.63, 3.8) is 0 Å². The average Bonchev–Trinajstić information content (AvgIpc) is 2.34. The lowest BCUT2D eigenvalue weighted by atomic mass is 10.1. The summed E-state index contributed by atoms with van der Waals surface area (Å²) in [6.45, 7) is 1.80. The number of ether oxygens (including phenoxy) is 1. The summed E-state index contributed by atoms with van der Waals surface area (Å²) in [5, 5.41) is 9.71. The summed E-state index contributed by atoms with van der Waals surface area (Å²) in [4.78, 5) is 11.1. The number of rotatable bonds is 3. The van der Waals surface area contributed by atoms with E-state index in [0.29, 0.717) is 16.5 Å². The van der Waals surface area contributed by atoms with Gasteiger partial charge in [0.1, 0.15) is 17.1 Å². The first-order valence-electron chi connectivity index (χ1n) is 5.34. The molecule has 0 heterocycles. The Kier molecular flexibility index (Phi) is 3.53. The summed E-state index contributed by atoms with van der Waals surface area (Å²) < 4.78 is 5.62. The molecule has 0 atom stereocenters. The van der Waals surface area contributed by atoms with Crippen molar-refractivity contribution in [1.29, 1.82) is 0 Å². The number of carbonyl (C=O) groups is 1. The number of para-hydroxylation sites is 1. The minimum absolute atomic E-state index is 0.143. The third-order valence-corrected chi connectivity index (χ3v) is 2.73. The number of hydrogen-bond acceptors (Lipinski definition) is 2. The summed E-state index contributed by atoms with van der Waals surface area (Å²) in [6, 6.07) is 11.8. The molecule has 0 aliphatic heterocycles. The van der Waals surface area contributed by atoms with E-state index in [1.54, 1.807) is 43.3 Å². The predicted molar refractivity (Wildman–Crippen MR) is 69.7 cm³/mol. The van der Waals surface area contributed by atoms with E-state index in [2.05, 4.69) is 0 Å². The number of aryl methyl sites for hydroxylation is 1. The lowest BCUT2D eigenvalue weighted by Crippen LogP contribution is -2.01. The van der Waals surface area contributed by atoms with Crippen molar-refractivity contribution < 1.29 is 14.6 Å². The van der Waals surface area contributed by atoms with Gasteiger partial charge in [-0.2, -0.15) is 0 Å². The predicted octanol–water partition coefficient (Wildman–Crippen LogP) is 4.14. The second-order valence-electron chi connectivity index (χ2n) is 3.81. The van der Waals surface area contributed by atoms with Crippen LogP contribution in [0.15, 0.2) is 42.5 Å². The fourth-order valence-corrected chi connectivity index (χ4v) is 1.70. The maximum Gasteiger partial charge on any atom is 0.339 e. The molecule has 2 aromatic carbocycles. The lowest BCUT2D eigenvalue weighted by molar-refractivity contribution is 0.0694. The van der Waals surface area contributed by atoms with Crippen LogP contribution in [0.4, 0.5) is 0 Å². The Labute approximate surface area is 110 Å². The van der Waals surface area contributed by atoms with Crippen molar-refractivity contribution in [1.82, 2.24) is 0 Å². The van der Waals surface area contributed by atoms with Crippen LogP contribution in [0.3, 0.4) is 0 Å². The van der Waals surface area contributed by atoms with E-state index in [0.717, 1.165) is 5.56 Å². The van der Waals surface area contributed by atoms with Crippen LogP contribution in [-0.2, 0) is 0 Å². The van der Waals surface area contributed by atoms with Gasteiger partial charge in [-0.15, -0.1) is 0 Å². The molecule has 0 bridgehead atoms. The monoisotopic (exact) mass is 262 g/mol. The van der Waals surface area contributed by atoms with E-state index in [1.165, 1.54) is 6.07 Å². The Bertz CT molecular complexity index is 576. The van der Waals surface area contributed by atoms with Gasteiger partial charge in [0, 0.05) is 5.02 Å². The van der Waals surface area contributed by atoms with Gasteiger partial charge in [-0.3, -0.25) is 0 Å². The highest BCUT2D eigenvalue weighted by Crippen LogP contribution is 2.29. The maximum atomic E-state index is 11.1. The second-order valence-corrected chi connectivity index (χ2v) is 4.25. The zero-order chi connectivity index (χ0) is 13.1. The fraction of sp³-hybridized carbons (Fsp3) is 0.0714. The van der Waals surface area contributed by atoms with Gasteiger partial charge < -0.3 is 9.84 Å². The molecule has 2 aromatic rings. The third-order valence-electron chi connectivity index (χ3n) is 2.48. The van der Waals surface area contributed by atoms with Gasteiger partial charge >= 0.3 is 5.97 Å². The molecule has 1 N–H and O–H groups in total. The Morgan fingerprint density at radius 3 is 2.44 bits per heavy atom. The van der Waals surface area contributed by atoms with Crippen LogP contribution in [0.25, 0.3) is 0 Å². The summed E-state index contributed by atoms with van der Waals surface area (Å²) in [6.07, 6.45) is 0. The second kappa shape index (κ2) is 5.10. The normalized spacial score (nSPS) is 10.1. The van der Waals surface area contributed by atoms with Crippen molar-refractivity contribution in [2.75, 3.05) is 0 Å². The first kappa shape index (κ1) is 12.5. The molecule has 2 rings (SSSR count). The largest absolute Gasteiger partial charge is 0.478 e. The van der Waals surface area contributed by atoms with E-state index in [4.69, 9.17) is 21.4 Å². The Morgan fingerprint density at radius 2 is 1.83 bits per heavy atom. The molecule has 4 heteroatoms. The summed E-state index contributed by atoms with van der Waals surface area (Å²) in [7, 11) is 0. The molecule has 0 spiro atoms. The van der Waals surface area contributed by atoms with Gasteiger partial charge in [-0.25, -0.2) is 4.79 Å². The Balaban J connectivity index is 2.39. The van der Waals surface area contributed by atoms with E-state index < -0.39 is 5.97 Å². The van der Waals surface area contributed by atoms with Crippen molar-refractivity contribution in [2.45, 2.75) is 6.92 Å². The first-order chi connectivity index (χ1) is 8.58. The summed E-state index contributed by atoms with van der Waals surface area (Å²) in [5.41, 5.74) is 0.912. The molecule has 0 amide bonds. The van der Waals surface area contributed by atoms with Gasteiger partial charge in [0.15, 0.2) is 0 Å². The van der Waals surface area contributed by atoms with Gasteiger partial charge in [0.05, 0.1) is 0 Å². The minimum Gasteiger partial charge on any atom is -0.478 e. The molecule has 0 unspecified atom stereocenters. The highest BCUT2D eigenvalue weighted by atomic mass is 35.5. The molecule has 92 valence electrons. The smallest absolute Gasteiger partial charge is 0.339 e. The van der Waals surface area contributed by atoms with Crippen LogP contribution in [0, 0.1) is 6.92 Å². The number of aromatic carboxylic acids is 1. The number of carboxylic acid groups (broad SMARTS) is 1. The maximum absolute atomic E-state index is 11.1. The number of benzene rings is 2. The third kappa shape index (κ3) is 2.63. The SMILES string of the molecule is Cc1cccc(C(=O)O)c1Oc1ccc(Cl)cc1. The van der Waals surface area contributed by atoms with Gasteiger partial charge in [0.2, 0.25) is 0 Å².